The Labute approximate surface area is 126 Å². The van der Waals surface area contributed by atoms with E-state index in [0.29, 0.717) is 6.61 Å². The Hall–Kier alpha value is -1.13. The van der Waals surface area contributed by atoms with Crippen LogP contribution in [0.25, 0.3) is 0 Å². The molecule has 4 heteroatoms. The molecule has 0 fully saturated rings. The molecule has 0 aromatic heterocycles. The van der Waals surface area contributed by atoms with E-state index in [1.54, 1.807) is 11.8 Å². The zero-order valence-electron chi connectivity index (χ0n) is 10.7. The first kappa shape index (κ1) is 14.3. The summed E-state index contributed by atoms with van der Waals surface area (Å²) in [7, 11) is 0. The summed E-state index contributed by atoms with van der Waals surface area (Å²) in [6.45, 7) is 1.42. The number of para-hydroxylation sites is 1. The Morgan fingerprint density at radius 3 is 2.79 bits per heavy atom. The number of hydrogen-bond acceptors (Lipinski definition) is 3. The third kappa shape index (κ3) is 4.48. The second kappa shape index (κ2) is 7.46. The van der Waals surface area contributed by atoms with Gasteiger partial charge >= 0.3 is 0 Å². The predicted octanol–water partition coefficient (Wildman–Crippen LogP) is 4.66. The monoisotopic (exact) mass is 337 g/mol. The van der Waals surface area contributed by atoms with E-state index in [-0.39, 0.29) is 0 Å². The summed E-state index contributed by atoms with van der Waals surface area (Å²) < 4.78 is 6.72. The Bertz CT molecular complexity index is 533. The molecule has 19 heavy (non-hydrogen) atoms. The highest BCUT2D eigenvalue weighted by Gasteiger charge is 1.99. The summed E-state index contributed by atoms with van der Waals surface area (Å²) >= 11 is 5.17. The van der Waals surface area contributed by atoms with Crippen molar-refractivity contribution in [3.63, 3.8) is 0 Å². The maximum atomic E-state index is 5.68. The van der Waals surface area contributed by atoms with Gasteiger partial charge in [-0.05, 0) is 36.6 Å². The zero-order chi connectivity index (χ0) is 13.5. The number of nitrogens with one attached hydrogen (secondary N) is 1. The molecular weight excluding hydrogens is 322 g/mol. The SMILES string of the molecule is CSc1ccccc1NCCOc1cccc(Br)c1. The van der Waals surface area contributed by atoms with Crippen LogP contribution < -0.4 is 10.1 Å². The van der Waals surface area contributed by atoms with E-state index in [2.05, 4.69) is 45.7 Å². The normalized spacial score (nSPS) is 10.2. The summed E-state index contributed by atoms with van der Waals surface area (Å²) in [6, 6.07) is 16.2. The van der Waals surface area contributed by atoms with Crippen molar-refractivity contribution in [2.75, 3.05) is 24.7 Å². The van der Waals surface area contributed by atoms with Gasteiger partial charge in [0.1, 0.15) is 12.4 Å². The van der Waals surface area contributed by atoms with Gasteiger partial charge in [-0.25, -0.2) is 0 Å². The lowest BCUT2D eigenvalue weighted by atomic mass is 10.3. The van der Waals surface area contributed by atoms with Crippen molar-refractivity contribution in [2.45, 2.75) is 4.90 Å². The van der Waals surface area contributed by atoms with Crippen molar-refractivity contribution in [3.05, 3.63) is 53.0 Å². The van der Waals surface area contributed by atoms with Gasteiger partial charge in [0.05, 0.1) is 0 Å². The first-order valence-corrected chi connectivity index (χ1v) is 8.06. The molecule has 1 N–H and O–H groups in total. The Balaban J connectivity index is 1.81. The highest BCUT2D eigenvalue weighted by molar-refractivity contribution is 9.10. The minimum Gasteiger partial charge on any atom is -0.492 e. The molecule has 0 aliphatic heterocycles. The molecule has 0 bridgehead atoms. The Morgan fingerprint density at radius 1 is 1.16 bits per heavy atom. The third-order valence-corrected chi connectivity index (χ3v) is 3.88. The van der Waals surface area contributed by atoms with Gasteiger partial charge in [-0.3, -0.25) is 0 Å². The van der Waals surface area contributed by atoms with Crippen LogP contribution in [0.5, 0.6) is 5.75 Å². The van der Waals surface area contributed by atoms with Crippen LogP contribution >= 0.6 is 27.7 Å². The van der Waals surface area contributed by atoms with Crippen molar-refractivity contribution >= 4 is 33.4 Å². The van der Waals surface area contributed by atoms with Crippen LogP contribution in [-0.4, -0.2) is 19.4 Å². The number of benzene rings is 2. The molecule has 2 aromatic carbocycles. The molecule has 0 amide bonds. The van der Waals surface area contributed by atoms with Crippen molar-refractivity contribution in [3.8, 4) is 5.75 Å². The molecular formula is C15H16BrNOS. The van der Waals surface area contributed by atoms with Gasteiger partial charge in [0, 0.05) is 21.6 Å². The molecule has 0 heterocycles. The zero-order valence-corrected chi connectivity index (χ0v) is 13.1. The average Bonchev–Trinajstić information content (AvgIpc) is 2.44. The van der Waals surface area contributed by atoms with E-state index in [4.69, 9.17) is 4.74 Å². The quantitative estimate of drug-likeness (QED) is 0.611. The average molecular weight is 338 g/mol. The minimum atomic E-state index is 0.638. The number of ether oxygens (including phenoxy) is 1. The Morgan fingerprint density at radius 2 is 2.00 bits per heavy atom. The molecule has 0 unspecified atom stereocenters. The summed E-state index contributed by atoms with van der Waals surface area (Å²) in [5.74, 6) is 0.884. The van der Waals surface area contributed by atoms with Gasteiger partial charge in [-0.15, -0.1) is 11.8 Å². The summed E-state index contributed by atoms with van der Waals surface area (Å²) in [5, 5.41) is 3.39. The van der Waals surface area contributed by atoms with E-state index in [9.17, 15) is 0 Å². The molecule has 100 valence electrons. The number of thioether (sulfide) groups is 1. The molecule has 0 saturated carbocycles. The Kier molecular flexibility index (Phi) is 5.61. The first-order valence-electron chi connectivity index (χ1n) is 6.05. The fraction of sp³-hybridized carbons (Fsp3) is 0.200. The molecule has 0 atom stereocenters. The molecule has 0 saturated heterocycles. The van der Waals surface area contributed by atoms with Crippen LogP contribution in [0.4, 0.5) is 5.69 Å². The van der Waals surface area contributed by atoms with E-state index in [1.807, 2.05) is 30.3 Å². The lowest BCUT2D eigenvalue weighted by Gasteiger charge is -2.11. The molecule has 0 aliphatic rings. The van der Waals surface area contributed by atoms with E-state index in [1.165, 1.54) is 4.90 Å². The highest BCUT2D eigenvalue weighted by atomic mass is 79.9. The summed E-state index contributed by atoms with van der Waals surface area (Å²) in [5.41, 5.74) is 1.16. The van der Waals surface area contributed by atoms with E-state index < -0.39 is 0 Å². The van der Waals surface area contributed by atoms with Gasteiger partial charge in [0.15, 0.2) is 0 Å². The second-order valence-corrected chi connectivity index (χ2v) is 5.70. The van der Waals surface area contributed by atoms with Crippen LogP contribution in [0, 0.1) is 0 Å². The van der Waals surface area contributed by atoms with Gasteiger partial charge in [0.25, 0.3) is 0 Å². The van der Waals surface area contributed by atoms with Gasteiger partial charge in [0.2, 0.25) is 0 Å². The molecule has 0 spiro atoms. The maximum Gasteiger partial charge on any atom is 0.120 e. The van der Waals surface area contributed by atoms with Crippen molar-refractivity contribution in [1.82, 2.24) is 0 Å². The second-order valence-electron chi connectivity index (χ2n) is 3.93. The van der Waals surface area contributed by atoms with Crippen molar-refractivity contribution in [2.24, 2.45) is 0 Å². The first-order chi connectivity index (χ1) is 9.29. The topological polar surface area (TPSA) is 21.3 Å². The smallest absolute Gasteiger partial charge is 0.120 e. The highest BCUT2D eigenvalue weighted by Crippen LogP contribution is 2.24. The summed E-state index contributed by atoms with van der Waals surface area (Å²) in [4.78, 5) is 1.25. The molecule has 2 aromatic rings. The van der Waals surface area contributed by atoms with Gasteiger partial charge in [-0.2, -0.15) is 0 Å². The van der Waals surface area contributed by atoms with Gasteiger partial charge < -0.3 is 10.1 Å². The number of anilines is 1. The minimum absolute atomic E-state index is 0.638. The fourth-order valence-corrected chi connectivity index (χ4v) is 2.66. The lowest BCUT2D eigenvalue weighted by molar-refractivity contribution is 0.332. The molecule has 0 radical (unpaired) electrons. The number of hydrogen-bond donors (Lipinski definition) is 1. The molecule has 2 nitrogen and oxygen atoms in total. The van der Waals surface area contributed by atoms with E-state index >= 15 is 0 Å². The van der Waals surface area contributed by atoms with Crippen LogP contribution in [-0.2, 0) is 0 Å². The molecule has 0 aliphatic carbocycles. The van der Waals surface area contributed by atoms with Crippen molar-refractivity contribution in [1.29, 1.82) is 0 Å². The molecule has 2 rings (SSSR count). The predicted molar refractivity (Wildman–Crippen MR) is 86.3 cm³/mol. The number of halogens is 1. The third-order valence-electron chi connectivity index (χ3n) is 2.59. The van der Waals surface area contributed by atoms with Crippen LogP contribution in [0.15, 0.2) is 57.9 Å². The fourth-order valence-electron chi connectivity index (χ4n) is 1.70. The van der Waals surface area contributed by atoms with E-state index in [0.717, 1.165) is 22.5 Å². The van der Waals surface area contributed by atoms with Gasteiger partial charge in [-0.1, -0.05) is 34.1 Å². The van der Waals surface area contributed by atoms with Crippen LogP contribution in [0.2, 0.25) is 0 Å². The van der Waals surface area contributed by atoms with Crippen LogP contribution in [0.3, 0.4) is 0 Å². The maximum absolute atomic E-state index is 5.68. The van der Waals surface area contributed by atoms with Crippen molar-refractivity contribution < 1.29 is 4.74 Å². The number of rotatable bonds is 6. The van der Waals surface area contributed by atoms with Crippen LogP contribution in [0.1, 0.15) is 0 Å². The standard InChI is InChI=1S/C15H16BrNOS/c1-19-15-8-3-2-7-14(15)17-9-10-18-13-6-4-5-12(16)11-13/h2-8,11,17H,9-10H2,1H3. The lowest BCUT2D eigenvalue weighted by Crippen LogP contribution is -2.11. The summed E-state index contributed by atoms with van der Waals surface area (Å²) in [6.07, 6.45) is 2.08. The largest absolute Gasteiger partial charge is 0.492 e.